The highest BCUT2D eigenvalue weighted by Gasteiger charge is 2.22. The molecular formula is C15H25N3OS. The van der Waals surface area contributed by atoms with Crippen LogP contribution in [0.15, 0.2) is 6.07 Å². The molecule has 5 heteroatoms. The van der Waals surface area contributed by atoms with Gasteiger partial charge in [0.2, 0.25) is 0 Å². The zero-order valence-corrected chi connectivity index (χ0v) is 13.3. The number of anilines is 2. The number of nitrogens with one attached hydrogen (secondary N) is 1. The summed E-state index contributed by atoms with van der Waals surface area (Å²) >= 11 is 1.52. The van der Waals surface area contributed by atoms with Crippen LogP contribution in [0.25, 0.3) is 0 Å². The van der Waals surface area contributed by atoms with Gasteiger partial charge in [-0.3, -0.25) is 4.79 Å². The molecule has 20 heavy (non-hydrogen) atoms. The van der Waals surface area contributed by atoms with Crippen molar-refractivity contribution in [2.75, 3.05) is 30.3 Å². The van der Waals surface area contributed by atoms with E-state index in [2.05, 4.69) is 17.1 Å². The SMILES string of the molecule is CCCNC(=O)c1sc(N(CC)CC2CCC2)cc1N. The normalized spacial score (nSPS) is 14.9. The molecule has 1 heterocycles. The Morgan fingerprint density at radius 2 is 2.25 bits per heavy atom. The van der Waals surface area contributed by atoms with Gasteiger partial charge in [-0.05, 0) is 38.2 Å². The van der Waals surface area contributed by atoms with Gasteiger partial charge in [-0.2, -0.15) is 0 Å². The van der Waals surface area contributed by atoms with Crippen molar-refractivity contribution in [2.45, 2.75) is 39.5 Å². The van der Waals surface area contributed by atoms with E-state index in [0.717, 1.165) is 30.4 Å². The summed E-state index contributed by atoms with van der Waals surface area (Å²) in [5.74, 6) is 0.774. The van der Waals surface area contributed by atoms with E-state index in [-0.39, 0.29) is 5.91 Å². The van der Waals surface area contributed by atoms with Crippen molar-refractivity contribution < 1.29 is 4.79 Å². The first-order chi connectivity index (χ1) is 9.65. The van der Waals surface area contributed by atoms with Gasteiger partial charge in [0.25, 0.3) is 5.91 Å². The molecule has 0 aromatic carbocycles. The summed E-state index contributed by atoms with van der Waals surface area (Å²) < 4.78 is 0. The van der Waals surface area contributed by atoms with Crippen LogP contribution < -0.4 is 16.0 Å². The van der Waals surface area contributed by atoms with E-state index in [0.29, 0.717) is 17.1 Å². The zero-order valence-electron chi connectivity index (χ0n) is 12.4. The molecule has 1 saturated carbocycles. The monoisotopic (exact) mass is 295 g/mol. The van der Waals surface area contributed by atoms with Crippen LogP contribution in [-0.2, 0) is 0 Å². The van der Waals surface area contributed by atoms with E-state index in [1.165, 1.54) is 30.6 Å². The van der Waals surface area contributed by atoms with Gasteiger partial charge in [0.1, 0.15) is 4.88 Å². The van der Waals surface area contributed by atoms with Gasteiger partial charge in [-0.25, -0.2) is 0 Å². The van der Waals surface area contributed by atoms with Crippen LogP contribution in [0.4, 0.5) is 10.7 Å². The Balaban J connectivity index is 2.05. The highest BCUT2D eigenvalue weighted by atomic mass is 32.1. The molecule has 1 amide bonds. The van der Waals surface area contributed by atoms with Gasteiger partial charge < -0.3 is 16.0 Å². The second-order valence-electron chi connectivity index (χ2n) is 5.46. The number of carbonyl (C=O) groups excluding carboxylic acids is 1. The highest BCUT2D eigenvalue weighted by Crippen LogP contribution is 2.35. The van der Waals surface area contributed by atoms with Gasteiger partial charge in [-0.15, -0.1) is 11.3 Å². The van der Waals surface area contributed by atoms with Gasteiger partial charge >= 0.3 is 0 Å². The van der Waals surface area contributed by atoms with Crippen LogP contribution in [0.5, 0.6) is 0 Å². The fraction of sp³-hybridized carbons (Fsp3) is 0.667. The summed E-state index contributed by atoms with van der Waals surface area (Å²) in [4.78, 5) is 15.0. The molecule has 2 rings (SSSR count). The van der Waals surface area contributed by atoms with Crippen molar-refractivity contribution in [2.24, 2.45) is 5.92 Å². The molecule has 0 radical (unpaired) electrons. The summed E-state index contributed by atoms with van der Waals surface area (Å²) in [6.45, 7) is 6.95. The molecule has 0 aliphatic heterocycles. The topological polar surface area (TPSA) is 58.4 Å². The maximum absolute atomic E-state index is 12.0. The molecule has 0 unspecified atom stereocenters. The Labute approximate surface area is 125 Å². The van der Waals surface area contributed by atoms with Crippen LogP contribution in [-0.4, -0.2) is 25.5 Å². The van der Waals surface area contributed by atoms with Crippen LogP contribution in [0.2, 0.25) is 0 Å². The van der Waals surface area contributed by atoms with E-state index in [4.69, 9.17) is 5.73 Å². The molecule has 4 nitrogen and oxygen atoms in total. The standard InChI is InChI=1S/C15H25N3OS/c1-3-8-17-15(19)14-12(16)9-13(20-14)18(4-2)10-11-6-5-7-11/h9,11H,3-8,10,16H2,1-2H3,(H,17,19). The molecule has 1 aliphatic rings. The van der Waals surface area contributed by atoms with Crippen molar-refractivity contribution in [3.8, 4) is 0 Å². The fourth-order valence-corrected chi connectivity index (χ4v) is 3.47. The molecule has 0 atom stereocenters. The fourth-order valence-electron chi connectivity index (χ4n) is 2.41. The van der Waals surface area contributed by atoms with Crippen molar-refractivity contribution in [1.82, 2.24) is 5.32 Å². The maximum Gasteiger partial charge on any atom is 0.263 e. The lowest BCUT2D eigenvalue weighted by molar-refractivity contribution is 0.0958. The third-order valence-corrected chi connectivity index (χ3v) is 5.10. The molecule has 1 aromatic rings. The average molecular weight is 295 g/mol. The smallest absolute Gasteiger partial charge is 0.263 e. The zero-order chi connectivity index (χ0) is 14.5. The van der Waals surface area contributed by atoms with Crippen LogP contribution in [0, 0.1) is 5.92 Å². The lowest BCUT2D eigenvalue weighted by Crippen LogP contribution is -2.31. The Morgan fingerprint density at radius 3 is 2.80 bits per heavy atom. The number of nitrogen functional groups attached to an aromatic ring is 1. The molecule has 0 saturated heterocycles. The van der Waals surface area contributed by atoms with Crippen molar-refractivity contribution in [3.63, 3.8) is 0 Å². The number of nitrogens with zero attached hydrogens (tertiary/aromatic N) is 1. The van der Waals surface area contributed by atoms with Gasteiger partial charge in [0.15, 0.2) is 0 Å². The molecule has 0 bridgehead atoms. The summed E-state index contributed by atoms with van der Waals surface area (Å²) in [6, 6.07) is 1.95. The molecule has 3 N–H and O–H groups in total. The van der Waals surface area contributed by atoms with Crippen LogP contribution >= 0.6 is 11.3 Å². The molecular weight excluding hydrogens is 270 g/mol. The van der Waals surface area contributed by atoms with Crippen LogP contribution in [0.3, 0.4) is 0 Å². The molecule has 1 fully saturated rings. The summed E-state index contributed by atoms with van der Waals surface area (Å²) in [7, 11) is 0. The van der Waals surface area contributed by atoms with Crippen molar-refractivity contribution in [3.05, 3.63) is 10.9 Å². The first-order valence-electron chi connectivity index (χ1n) is 7.58. The molecule has 112 valence electrons. The van der Waals surface area contributed by atoms with E-state index in [1.54, 1.807) is 0 Å². The Bertz CT molecular complexity index is 454. The number of hydrogen-bond donors (Lipinski definition) is 2. The van der Waals surface area contributed by atoms with Crippen LogP contribution in [0.1, 0.15) is 49.2 Å². The highest BCUT2D eigenvalue weighted by molar-refractivity contribution is 7.18. The molecule has 1 aliphatic carbocycles. The van der Waals surface area contributed by atoms with Crippen molar-refractivity contribution >= 4 is 27.9 Å². The number of thiophene rings is 1. The lowest BCUT2D eigenvalue weighted by atomic mass is 9.85. The predicted molar refractivity (Wildman–Crippen MR) is 86.6 cm³/mol. The number of amides is 1. The van der Waals surface area contributed by atoms with E-state index in [1.807, 2.05) is 13.0 Å². The Kier molecular flexibility index (Phi) is 5.29. The molecule has 0 spiro atoms. The lowest BCUT2D eigenvalue weighted by Gasteiger charge is -2.32. The van der Waals surface area contributed by atoms with E-state index < -0.39 is 0 Å². The van der Waals surface area contributed by atoms with Gasteiger partial charge in [0, 0.05) is 19.6 Å². The molecule has 1 aromatic heterocycles. The van der Waals surface area contributed by atoms with Gasteiger partial charge in [0.05, 0.1) is 10.7 Å². The second-order valence-corrected chi connectivity index (χ2v) is 6.49. The largest absolute Gasteiger partial charge is 0.397 e. The second kappa shape index (κ2) is 6.97. The predicted octanol–water partition coefficient (Wildman–Crippen LogP) is 3.10. The minimum absolute atomic E-state index is 0.0414. The Morgan fingerprint density at radius 1 is 1.50 bits per heavy atom. The summed E-state index contributed by atoms with van der Waals surface area (Å²) in [5, 5.41) is 4.02. The third kappa shape index (κ3) is 3.45. The summed E-state index contributed by atoms with van der Waals surface area (Å²) in [5.41, 5.74) is 6.61. The quantitative estimate of drug-likeness (QED) is 0.812. The first-order valence-corrected chi connectivity index (χ1v) is 8.39. The number of nitrogens with two attached hydrogens (primary N) is 1. The summed E-state index contributed by atoms with van der Waals surface area (Å²) in [6.07, 6.45) is 4.97. The van der Waals surface area contributed by atoms with Crippen molar-refractivity contribution in [1.29, 1.82) is 0 Å². The first kappa shape index (κ1) is 15.2. The maximum atomic E-state index is 12.0. The number of carbonyl (C=O) groups is 1. The van der Waals surface area contributed by atoms with Gasteiger partial charge in [-0.1, -0.05) is 13.3 Å². The van der Waals surface area contributed by atoms with E-state index >= 15 is 0 Å². The number of rotatable bonds is 7. The number of hydrogen-bond acceptors (Lipinski definition) is 4. The minimum Gasteiger partial charge on any atom is -0.397 e. The average Bonchev–Trinajstić information content (AvgIpc) is 2.77. The minimum atomic E-state index is -0.0414. The third-order valence-electron chi connectivity index (χ3n) is 3.89. The van der Waals surface area contributed by atoms with E-state index in [9.17, 15) is 4.79 Å². The Hall–Kier alpha value is -1.23.